The Labute approximate surface area is 467 Å². The fraction of sp³-hybridized carbons (Fsp3) is 0. The number of halogens is 4. The molecule has 76 heavy (non-hydrogen) atoms. The zero-order valence-corrected chi connectivity index (χ0v) is 52.3. The topological polar surface area (TPSA) is 129 Å². The summed E-state index contributed by atoms with van der Waals surface area (Å²) in [7, 11) is -51.7. The molecule has 0 radical (unpaired) electrons. The normalized spacial score (nSPS) is 33.4. The van der Waals surface area contributed by atoms with Crippen LogP contribution in [0.1, 0.15) is 0 Å². The van der Waals surface area contributed by atoms with Gasteiger partial charge in [-0.2, -0.15) is 0 Å². The largest absolute Gasteiger partial charge is 0.537 e. The molecule has 6 heterocycles. The van der Waals surface area contributed by atoms with Crippen molar-refractivity contribution in [2.75, 3.05) is 0 Å². The lowest BCUT2D eigenvalue weighted by Crippen LogP contribution is -2.92. The Morgan fingerprint density at radius 3 is 0.382 bits per heavy atom. The van der Waals surface area contributed by atoms with Gasteiger partial charge in [-0.15, -0.1) is 0 Å². The Hall–Kier alpha value is -3.47. The predicted octanol–water partition coefficient (Wildman–Crippen LogP) is 4.88. The molecule has 8 bridgehead atoms. The molecule has 0 aliphatic carbocycles. The summed E-state index contributed by atoms with van der Waals surface area (Å²) in [4.78, 5) is 0. The summed E-state index contributed by atoms with van der Waals surface area (Å²) >= 11 is 31.6. The van der Waals surface area contributed by atoms with Gasteiger partial charge < -0.3 is 57.6 Å². The molecule has 8 aromatic rings. The molecule has 6 aliphatic rings. The number of hydrogen-bond donors (Lipinski definition) is 0. The molecule has 0 aromatic heterocycles. The van der Waals surface area contributed by atoms with Gasteiger partial charge >= 0.3 is 84.8 Å². The minimum Gasteiger partial charge on any atom is -0.367 e. The molecule has 0 atom stereocenters. The van der Waals surface area contributed by atoms with E-state index in [0.29, 0.717) is 41.5 Å². The summed E-state index contributed by atoms with van der Waals surface area (Å²) in [6, 6.07) is 72.5. The van der Waals surface area contributed by atoms with Crippen LogP contribution in [0.4, 0.5) is 0 Å². The third kappa shape index (κ3) is 9.20. The van der Waals surface area contributed by atoms with E-state index in [1.165, 1.54) is 0 Å². The molecule has 6 saturated heterocycles. The van der Waals surface area contributed by atoms with Crippen LogP contribution in [0.15, 0.2) is 243 Å². The molecule has 6 fully saturated rings. The van der Waals surface area contributed by atoms with Gasteiger partial charge in [0.05, 0.1) is 0 Å². The van der Waals surface area contributed by atoms with Crippen LogP contribution in [0, 0.1) is 0 Å². The lowest BCUT2D eigenvalue weighted by atomic mass is 10.4. The maximum absolute atomic E-state index is 8.21. The van der Waals surface area contributed by atoms with Crippen LogP contribution >= 0.6 is 44.3 Å². The van der Waals surface area contributed by atoms with E-state index >= 15 is 0 Å². The number of hydrogen-bond acceptors (Lipinski definition) is 14. The molecule has 0 unspecified atom stereocenters. The van der Waals surface area contributed by atoms with Gasteiger partial charge in [-0.1, -0.05) is 287 Å². The van der Waals surface area contributed by atoms with Crippen LogP contribution in [0.3, 0.4) is 0 Å². The Balaban J connectivity index is 1.31. The fourth-order valence-corrected chi connectivity index (χ4v) is 66.2. The molecule has 8 aromatic carbocycles. The summed E-state index contributed by atoms with van der Waals surface area (Å²) in [5, 5.41) is 2.80. The van der Waals surface area contributed by atoms with Crippen molar-refractivity contribution >= 4 is 171 Å². The minimum atomic E-state index is -5.27. The van der Waals surface area contributed by atoms with E-state index in [1.54, 1.807) is 97.1 Å². The lowest BCUT2D eigenvalue weighted by Gasteiger charge is -2.59. The van der Waals surface area contributed by atoms with Gasteiger partial charge in [0, 0.05) is 41.5 Å². The maximum atomic E-state index is 8.21. The van der Waals surface area contributed by atoms with Crippen molar-refractivity contribution in [2.24, 2.45) is 0 Å². The molecule has 28 heteroatoms. The third-order valence-corrected chi connectivity index (χ3v) is 56.2. The van der Waals surface area contributed by atoms with E-state index in [0.717, 1.165) is 0 Å². The van der Waals surface area contributed by atoms with Gasteiger partial charge in [0.1, 0.15) is 0 Å². The Kier molecular flexibility index (Phi) is 13.4. The summed E-state index contributed by atoms with van der Waals surface area (Å²) in [6.45, 7) is 0. The van der Waals surface area contributed by atoms with Crippen LogP contribution in [-0.2, 0) is 57.6 Å². The van der Waals surface area contributed by atoms with E-state index in [-0.39, 0.29) is 0 Å². The first-order chi connectivity index (χ1) is 36.7. The van der Waals surface area contributed by atoms with Crippen LogP contribution < -0.4 is 41.5 Å². The number of rotatable bonds is 8. The molecule has 0 N–H and O–H groups in total. The van der Waals surface area contributed by atoms with Crippen LogP contribution in [0.2, 0.25) is 0 Å². The predicted molar refractivity (Wildman–Crippen MR) is 305 cm³/mol. The third-order valence-electron chi connectivity index (χ3n) is 12.7. The molecular formula is C48H40Cl4O14Si10. The minimum absolute atomic E-state index is 0.348. The van der Waals surface area contributed by atoms with Crippen molar-refractivity contribution in [2.45, 2.75) is 0 Å². The Morgan fingerprint density at radius 2 is 0.263 bits per heavy atom. The molecule has 14 rings (SSSR count). The zero-order chi connectivity index (χ0) is 51.8. The molecular weight excluding hydrogens is 1220 g/mol. The summed E-state index contributed by atoms with van der Waals surface area (Å²) < 4.78 is 111. The van der Waals surface area contributed by atoms with Gasteiger partial charge in [0.15, 0.2) is 0 Å². The second kappa shape index (κ2) is 19.7. The Morgan fingerprint density at radius 1 is 0.158 bits per heavy atom. The van der Waals surface area contributed by atoms with Gasteiger partial charge in [0.25, 0.3) is 0 Å². The standard InChI is InChI=1S/C48H40Cl4O14Si10/c49-75(50)63-71(45-33-17-5-18-34-45)55-67(41-25-9-1-10-26-41)53-68(42-27-11-2-12-28-42)57-73(65-75,47-37-21-7-22-38-47)61-70(44-31-15-4-16-32-44)54-69(59-71,43-29-13-3-14-30-43)60-72(56-67,46-35-19-6-20-36-46)64-76(51,52)66-74(58-68,62-70)48-39-23-8-24-40-48/h1-40H. The van der Waals surface area contributed by atoms with E-state index in [1.807, 2.05) is 146 Å². The van der Waals surface area contributed by atoms with Crippen molar-refractivity contribution in [3.8, 4) is 0 Å². The lowest BCUT2D eigenvalue weighted by molar-refractivity contribution is 0.0305. The monoisotopic (exact) mass is 1260 g/mol. The van der Waals surface area contributed by atoms with E-state index in [2.05, 4.69) is 0 Å². The first-order valence-corrected chi connectivity index (χ1v) is 45.2. The van der Waals surface area contributed by atoms with Crippen molar-refractivity contribution in [3.63, 3.8) is 0 Å². The van der Waals surface area contributed by atoms with Crippen molar-refractivity contribution in [3.05, 3.63) is 243 Å². The second-order valence-corrected chi connectivity index (χ2v) is 51.7. The van der Waals surface area contributed by atoms with Crippen molar-refractivity contribution < 1.29 is 57.6 Å². The van der Waals surface area contributed by atoms with Crippen LogP contribution in [-0.4, -0.2) is 84.8 Å². The smallest absolute Gasteiger partial charge is 0.367 e. The average Bonchev–Trinajstić information content (AvgIpc) is 3.47. The maximum Gasteiger partial charge on any atom is 0.537 e. The average molecular weight is 1260 g/mol. The zero-order valence-electron chi connectivity index (χ0n) is 39.3. The van der Waals surface area contributed by atoms with Crippen molar-refractivity contribution in [1.29, 1.82) is 0 Å². The van der Waals surface area contributed by atoms with Gasteiger partial charge in [-0.25, -0.2) is 0 Å². The summed E-state index contributed by atoms with van der Waals surface area (Å²) in [6.07, 6.45) is 0. The van der Waals surface area contributed by atoms with Crippen molar-refractivity contribution in [1.82, 2.24) is 0 Å². The molecule has 384 valence electrons. The van der Waals surface area contributed by atoms with Gasteiger partial charge in [-0.05, 0) is 0 Å². The highest BCUT2D eigenvalue weighted by atomic mass is 35.7. The highest BCUT2D eigenvalue weighted by Gasteiger charge is 2.84. The molecule has 0 amide bonds. The molecule has 6 aliphatic heterocycles. The SMILES string of the molecule is Cl[Si]1(Cl)O[Si]2(c3ccccc3)O[Si]3(c4ccccc4)O[Si]4(c5ccccc5)O[Si](Cl)(Cl)O[Si]5(c6ccccc6)O[Si](c6ccccc6)(O[Si](c6ccccc6)(O1)O[Si](c1ccccc1)(O5)O[Si](c1ccccc1)(O2)O4)O3. The Bertz CT molecular complexity index is 2890. The fourth-order valence-electron chi connectivity index (χ4n) is 9.49. The summed E-state index contributed by atoms with van der Waals surface area (Å²) in [5.41, 5.74) is 0. The van der Waals surface area contributed by atoms with E-state index in [4.69, 9.17) is 102 Å². The summed E-state index contributed by atoms with van der Waals surface area (Å²) in [5.74, 6) is 0. The molecule has 14 nitrogen and oxygen atoms in total. The first kappa shape index (κ1) is 51.9. The van der Waals surface area contributed by atoms with Gasteiger partial charge in [-0.3, -0.25) is 0 Å². The highest BCUT2D eigenvalue weighted by Crippen LogP contribution is 2.48. The quantitative estimate of drug-likeness (QED) is 0.152. The van der Waals surface area contributed by atoms with E-state index < -0.39 is 84.8 Å². The van der Waals surface area contributed by atoms with Gasteiger partial charge in [0.2, 0.25) is 0 Å². The van der Waals surface area contributed by atoms with E-state index in [9.17, 15) is 0 Å². The second-order valence-electron chi connectivity index (χ2n) is 17.7. The molecule has 0 spiro atoms. The van der Waals surface area contributed by atoms with Crippen LogP contribution in [0.5, 0.6) is 0 Å². The molecule has 0 saturated carbocycles. The van der Waals surface area contributed by atoms with Crippen LogP contribution in [0.25, 0.3) is 0 Å². The highest BCUT2D eigenvalue weighted by molar-refractivity contribution is 7.43. The first-order valence-electron chi connectivity index (χ1n) is 23.8. The number of fused-ring (bicyclic) bond motifs is 4. The number of benzene rings is 8.